The molecule has 0 saturated carbocycles. The summed E-state index contributed by atoms with van der Waals surface area (Å²) < 4.78 is 36.8. The molecule has 2 fully saturated rings. The maximum atomic E-state index is 12.5. The van der Waals surface area contributed by atoms with E-state index in [4.69, 9.17) is 9.15 Å². The van der Waals surface area contributed by atoms with Crippen LogP contribution in [0.2, 0.25) is 0 Å². The Balaban J connectivity index is 1.61. The summed E-state index contributed by atoms with van der Waals surface area (Å²) in [6.07, 6.45) is 2.19. The van der Waals surface area contributed by atoms with Gasteiger partial charge in [0.2, 0.25) is 5.09 Å². The first-order valence-electron chi connectivity index (χ1n) is 8.72. The number of morpholine rings is 1. The lowest BCUT2D eigenvalue weighted by molar-refractivity contribution is 0.0722. The zero-order valence-corrected chi connectivity index (χ0v) is 15.3. The van der Waals surface area contributed by atoms with Crippen molar-refractivity contribution in [3.63, 3.8) is 0 Å². The standard InChI is InChI=1S/C16H25N3O5S/c1-2-18-7-3-4-13(18)12-17-16(20)14-5-6-15(24-14)25(21,22)19-8-10-23-11-9-19/h5-6,13H,2-4,7-12H2,1H3,(H,17,20). The molecule has 1 amide bonds. The zero-order chi connectivity index (χ0) is 17.9. The predicted octanol–water partition coefficient (Wildman–Crippen LogP) is 0.515. The Bertz CT molecular complexity index is 696. The van der Waals surface area contributed by atoms with E-state index in [9.17, 15) is 13.2 Å². The average Bonchev–Trinajstić information content (AvgIpc) is 3.29. The van der Waals surface area contributed by atoms with Gasteiger partial charge in [0.05, 0.1) is 13.2 Å². The molecule has 3 rings (SSSR count). The quantitative estimate of drug-likeness (QED) is 0.784. The highest BCUT2D eigenvalue weighted by atomic mass is 32.2. The molecule has 8 nitrogen and oxygen atoms in total. The van der Waals surface area contributed by atoms with Crippen molar-refractivity contribution in [2.75, 3.05) is 45.9 Å². The fourth-order valence-electron chi connectivity index (χ4n) is 3.34. The fourth-order valence-corrected chi connectivity index (χ4v) is 4.65. The van der Waals surface area contributed by atoms with Gasteiger partial charge >= 0.3 is 0 Å². The van der Waals surface area contributed by atoms with Crippen LogP contribution in [0.25, 0.3) is 0 Å². The molecule has 25 heavy (non-hydrogen) atoms. The Morgan fingerprint density at radius 2 is 2.04 bits per heavy atom. The fraction of sp³-hybridized carbons (Fsp3) is 0.688. The van der Waals surface area contributed by atoms with Gasteiger partial charge in [0.15, 0.2) is 5.76 Å². The number of likely N-dealkylation sites (N-methyl/N-ethyl adjacent to an activating group) is 1. The number of hydrogen-bond donors (Lipinski definition) is 1. The number of carbonyl (C=O) groups excluding carboxylic acids is 1. The normalized spacial score (nSPS) is 23.0. The summed E-state index contributed by atoms with van der Waals surface area (Å²) in [5, 5.41) is 2.65. The van der Waals surface area contributed by atoms with E-state index in [2.05, 4.69) is 17.1 Å². The molecule has 9 heteroatoms. The van der Waals surface area contributed by atoms with E-state index in [-0.39, 0.29) is 16.8 Å². The van der Waals surface area contributed by atoms with Crippen LogP contribution in [-0.4, -0.2) is 75.5 Å². The molecule has 140 valence electrons. The minimum Gasteiger partial charge on any atom is -0.438 e. The summed E-state index contributed by atoms with van der Waals surface area (Å²) in [6.45, 7) is 5.97. The molecular formula is C16H25N3O5S. The average molecular weight is 371 g/mol. The third-order valence-corrected chi connectivity index (χ3v) is 6.55. The molecule has 3 heterocycles. The van der Waals surface area contributed by atoms with Crippen LogP contribution < -0.4 is 5.32 Å². The number of rotatable bonds is 6. The van der Waals surface area contributed by atoms with Gasteiger partial charge in [-0.3, -0.25) is 9.69 Å². The van der Waals surface area contributed by atoms with Crippen LogP contribution in [0.4, 0.5) is 0 Å². The molecule has 1 atom stereocenters. The Labute approximate surface area is 148 Å². The van der Waals surface area contributed by atoms with E-state index in [1.165, 1.54) is 16.4 Å². The van der Waals surface area contributed by atoms with Gasteiger partial charge in [0.1, 0.15) is 0 Å². The third kappa shape index (κ3) is 4.05. The van der Waals surface area contributed by atoms with Crippen molar-refractivity contribution in [2.45, 2.75) is 30.9 Å². The van der Waals surface area contributed by atoms with Gasteiger partial charge in [0, 0.05) is 25.7 Å². The highest BCUT2D eigenvalue weighted by molar-refractivity contribution is 7.89. The number of ether oxygens (including phenoxy) is 1. The molecule has 1 aromatic rings. The molecule has 0 aliphatic carbocycles. The van der Waals surface area contributed by atoms with Crippen LogP contribution in [0.3, 0.4) is 0 Å². The summed E-state index contributed by atoms with van der Waals surface area (Å²) in [4.78, 5) is 14.6. The minimum atomic E-state index is -3.72. The maximum Gasteiger partial charge on any atom is 0.287 e. The van der Waals surface area contributed by atoms with Gasteiger partial charge in [-0.05, 0) is 38.1 Å². The zero-order valence-electron chi connectivity index (χ0n) is 14.4. The molecule has 1 aromatic heterocycles. The molecular weight excluding hydrogens is 346 g/mol. The lowest BCUT2D eigenvalue weighted by Crippen LogP contribution is -2.40. The van der Waals surface area contributed by atoms with Crippen LogP contribution in [0.5, 0.6) is 0 Å². The van der Waals surface area contributed by atoms with E-state index in [1.807, 2.05) is 0 Å². The molecule has 2 aliphatic heterocycles. The predicted molar refractivity (Wildman–Crippen MR) is 90.9 cm³/mol. The number of likely N-dealkylation sites (tertiary alicyclic amines) is 1. The molecule has 1 N–H and O–H groups in total. The number of furan rings is 1. The molecule has 0 bridgehead atoms. The van der Waals surface area contributed by atoms with Crippen LogP contribution >= 0.6 is 0 Å². The smallest absolute Gasteiger partial charge is 0.287 e. The van der Waals surface area contributed by atoms with Gasteiger partial charge < -0.3 is 14.5 Å². The van der Waals surface area contributed by atoms with Gasteiger partial charge in [-0.25, -0.2) is 8.42 Å². The molecule has 0 spiro atoms. The number of nitrogens with zero attached hydrogens (tertiary/aromatic N) is 2. The van der Waals surface area contributed by atoms with Gasteiger partial charge in [-0.15, -0.1) is 0 Å². The summed E-state index contributed by atoms with van der Waals surface area (Å²) in [6, 6.07) is 3.09. The molecule has 2 saturated heterocycles. The van der Waals surface area contributed by atoms with Crippen LogP contribution in [0.15, 0.2) is 21.6 Å². The third-order valence-electron chi connectivity index (χ3n) is 4.77. The van der Waals surface area contributed by atoms with Crippen LogP contribution in [-0.2, 0) is 14.8 Å². The van der Waals surface area contributed by atoms with Crippen molar-refractivity contribution < 1.29 is 22.4 Å². The lowest BCUT2D eigenvalue weighted by Gasteiger charge is -2.24. The van der Waals surface area contributed by atoms with Crippen molar-refractivity contribution >= 4 is 15.9 Å². The second-order valence-electron chi connectivity index (χ2n) is 6.27. The first-order chi connectivity index (χ1) is 12.0. The van der Waals surface area contributed by atoms with Gasteiger partial charge in [0.25, 0.3) is 15.9 Å². The van der Waals surface area contributed by atoms with Crippen LogP contribution in [0, 0.1) is 0 Å². The van der Waals surface area contributed by atoms with Crippen molar-refractivity contribution in [1.82, 2.24) is 14.5 Å². The number of carbonyl (C=O) groups is 1. The minimum absolute atomic E-state index is 0.0212. The van der Waals surface area contributed by atoms with E-state index >= 15 is 0 Å². The van der Waals surface area contributed by atoms with Crippen molar-refractivity contribution in [2.24, 2.45) is 0 Å². The summed E-state index contributed by atoms with van der Waals surface area (Å²) in [7, 11) is -3.72. The maximum absolute atomic E-state index is 12.5. The van der Waals surface area contributed by atoms with Gasteiger partial charge in [-0.1, -0.05) is 6.92 Å². The monoisotopic (exact) mass is 371 g/mol. The van der Waals surface area contributed by atoms with E-state index < -0.39 is 10.0 Å². The number of hydrogen-bond acceptors (Lipinski definition) is 6. The second-order valence-corrected chi connectivity index (χ2v) is 8.14. The van der Waals surface area contributed by atoms with E-state index in [1.54, 1.807) is 0 Å². The first kappa shape index (κ1) is 18.4. The highest BCUT2D eigenvalue weighted by Crippen LogP contribution is 2.20. The summed E-state index contributed by atoms with van der Waals surface area (Å²) in [5.41, 5.74) is 0. The van der Waals surface area contributed by atoms with Crippen molar-refractivity contribution in [3.8, 4) is 0 Å². The summed E-state index contributed by atoms with van der Waals surface area (Å²) >= 11 is 0. The second kappa shape index (κ2) is 7.86. The Morgan fingerprint density at radius 1 is 1.28 bits per heavy atom. The Morgan fingerprint density at radius 3 is 2.76 bits per heavy atom. The SMILES string of the molecule is CCN1CCCC1CNC(=O)c1ccc(S(=O)(=O)N2CCOCC2)o1. The number of nitrogens with one attached hydrogen (secondary N) is 1. The summed E-state index contributed by atoms with van der Waals surface area (Å²) in [5.74, 6) is -0.362. The molecule has 1 unspecified atom stereocenters. The number of sulfonamides is 1. The van der Waals surface area contributed by atoms with Crippen molar-refractivity contribution in [3.05, 3.63) is 17.9 Å². The molecule has 0 radical (unpaired) electrons. The highest BCUT2D eigenvalue weighted by Gasteiger charge is 2.30. The Kier molecular flexibility index (Phi) is 5.78. The van der Waals surface area contributed by atoms with Crippen molar-refractivity contribution in [1.29, 1.82) is 0 Å². The largest absolute Gasteiger partial charge is 0.438 e. The molecule has 0 aromatic carbocycles. The lowest BCUT2D eigenvalue weighted by atomic mass is 10.2. The van der Waals surface area contributed by atoms with E-state index in [0.717, 1.165) is 25.9 Å². The van der Waals surface area contributed by atoms with Gasteiger partial charge in [-0.2, -0.15) is 4.31 Å². The topological polar surface area (TPSA) is 92.1 Å². The number of amides is 1. The van der Waals surface area contributed by atoms with E-state index in [0.29, 0.717) is 38.9 Å². The Hall–Kier alpha value is -1.42. The van der Waals surface area contributed by atoms with Crippen LogP contribution in [0.1, 0.15) is 30.3 Å². The molecule has 2 aliphatic rings. The first-order valence-corrected chi connectivity index (χ1v) is 10.2.